The third-order valence-electron chi connectivity index (χ3n) is 4.08. The quantitative estimate of drug-likeness (QED) is 0.336. The molecule has 0 amide bonds. The maximum absolute atomic E-state index is 11.8. The Balaban J connectivity index is 3.62. The molecule has 24 heavy (non-hydrogen) atoms. The standard InChI is InChI=1S/C20H41NO3/c1-18(2)11-8-6-5-7-9-16-24-20(23)12-14-21(13-10-15-22)17-19(3)4/h18-19,22H,5-17H2,1-4H3. The van der Waals surface area contributed by atoms with E-state index in [1.807, 2.05) is 0 Å². The first-order valence-electron chi connectivity index (χ1n) is 9.94. The average Bonchev–Trinajstić information content (AvgIpc) is 2.51. The molecule has 0 saturated carbocycles. The van der Waals surface area contributed by atoms with Crippen molar-refractivity contribution in [2.24, 2.45) is 11.8 Å². The molecule has 0 atom stereocenters. The summed E-state index contributed by atoms with van der Waals surface area (Å²) >= 11 is 0. The zero-order valence-corrected chi connectivity index (χ0v) is 16.6. The van der Waals surface area contributed by atoms with Gasteiger partial charge in [0.25, 0.3) is 0 Å². The number of hydrogen-bond acceptors (Lipinski definition) is 4. The number of nitrogens with zero attached hydrogens (tertiary/aromatic N) is 1. The van der Waals surface area contributed by atoms with Crippen LogP contribution >= 0.6 is 0 Å². The number of carbonyl (C=O) groups excluding carboxylic acids is 1. The summed E-state index contributed by atoms with van der Waals surface area (Å²) in [5.41, 5.74) is 0. The third kappa shape index (κ3) is 16.3. The van der Waals surface area contributed by atoms with Gasteiger partial charge in [-0.25, -0.2) is 0 Å². The summed E-state index contributed by atoms with van der Waals surface area (Å²) in [7, 11) is 0. The molecule has 0 fully saturated rings. The number of ether oxygens (including phenoxy) is 1. The highest BCUT2D eigenvalue weighted by molar-refractivity contribution is 5.69. The molecule has 0 aromatic carbocycles. The molecule has 0 aromatic heterocycles. The fourth-order valence-corrected chi connectivity index (χ4v) is 2.80. The van der Waals surface area contributed by atoms with E-state index in [0.29, 0.717) is 18.9 Å². The van der Waals surface area contributed by atoms with E-state index >= 15 is 0 Å². The number of carbonyl (C=O) groups is 1. The number of hydrogen-bond donors (Lipinski definition) is 1. The lowest BCUT2D eigenvalue weighted by molar-refractivity contribution is -0.144. The molecule has 0 spiro atoms. The van der Waals surface area contributed by atoms with Crippen LogP contribution in [0.25, 0.3) is 0 Å². The van der Waals surface area contributed by atoms with Gasteiger partial charge in [-0.3, -0.25) is 4.79 Å². The molecule has 0 aliphatic rings. The van der Waals surface area contributed by atoms with Gasteiger partial charge in [0.15, 0.2) is 0 Å². The molecule has 0 saturated heterocycles. The van der Waals surface area contributed by atoms with E-state index < -0.39 is 0 Å². The van der Waals surface area contributed by atoms with Gasteiger partial charge in [0.2, 0.25) is 0 Å². The third-order valence-corrected chi connectivity index (χ3v) is 4.08. The van der Waals surface area contributed by atoms with Crippen LogP contribution in [0.3, 0.4) is 0 Å². The van der Waals surface area contributed by atoms with E-state index in [1.165, 1.54) is 25.7 Å². The van der Waals surface area contributed by atoms with E-state index in [2.05, 4.69) is 32.6 Å². The van der Waals surface area contributed by atoms with Gasteiger partial charge in [-0.05, 0) is 24.7 Å². The minimum absolute atomic E-state index is 0.0902. The summed E-state index contributed by atoms with van der Waals surface area (Å²) in [5, 5.41) is 8.96. The normalized spacial score (nSPS) is 11.7. The van der Waals surface area contributed by atoms with Gasteiger partial charge < -0.3 is 14.7 Å². The first kappa shape index (κ1) is 23.4. The van der Waals surface area contributed by atoms with E-state index in [0.717, 1.165) is 44.8 Å². The number of unbranched alkanes of at least 4 members (excludes halogenated alkanes) is 4. The summed E-state index contributed by atoms with van der Waals surface area (Å²) in [4.78, 5) is 14.1. The molecule has 0 aliphatic heterocycles. The van der Waals surface area contributed by atoms with Gasteiger partial charge in [-0.2, -0.15) is 0 Å². The van der Waals surface area contributed by atoms with Gasteiger partial charge in [0.1, 0.15) is 0 Å². The highest BCUT2D eigenvalue weighted by atomic mass is 16.5. The summed E-state index contributed by atoms with van der Waals surface area (Å²) in [5.74, 6) is 1.28. The van der Waals surface area contributed by atoms with Crippen molar-refractivity contribution in [1.82, 2.24) is 4.90 Å². The van der Waals surface area contributed by atoms with Crippen LogP contribution in [0.2, 0.25) is 0 Å². The Kier molecular flexibility index (Phi) is 15.5. The van der Waals surface area contributed by atoms with Gasteiger partial charge in [-0.15, -0.1) is 0 Å². The largest absolute Gasteiger partial charge is 0.466 e. The smallest absolute Gasteiger partial charge is 0.307 e. The summed E-state index contributed by atoms with van der Waals surface area (Å²) in [6, 6.07) is 0. The van der Waals surface area contributed by atoms with E-state index in [4.69, 9.17) is 9.84 Å². The Morgan fingerprint density at radius 3 is 2.21 bits per heavy atom. The van der Waals surface area contributed by atoms with Crippen LogP contribution in [-0.4, -0.2) is 48.8 Å². The average molecular weight is 344 g/mol. The van der Waals surface area contributed by atoms with Crippen molar-refractivity contribution >= 4 is 5.97 Å². The summed E-state index contributed by atoms with van der Waals surface area (Å²) < 4.78 is 5.33. The molecule has 0 radical (unpaired) electrons. The maximum atomic E-state index is 11.8. The van der Waals surface area contributed by atoms with Crippen LogP contribution in [0.1, 0.15) is 79.1 Å². The van der Waals surface area contributed by atoms with Crippen molar-refractivity contribution in [2.45, 2.75) is 79.1 Å². The van der Waals surface area contributed by atoms with Gasteiger partial charge in [0.05, 0.1) is 13.0 Å². The molecule has 0 rings (SSSR count). The van der Waals surface area contributed by atoms with Crippen LogP contribution in [0.5, 0.6) is 0 Å². The van der Waals surface area contributed by atoms with Crippen LogP contribution in [0.4, 0.5) is 0 Å². The Labute approximate surface area is 150 Å². The predicted molar refractivity (Wildman–Crippen MR) is 101 cm³/mol. The second-order valence-electron chi connectivity index (χ2n) is 7.69. The highest BCUT2D eigenvalue weighted by Crippen LogP contribution is 2.10. The molecule has 0 heterocycles. The zero-order chi connectivity index (χ0) is 18.2. The minimum atomic E-state index is -0.0902. The predicted octanol–water partition coefficient (Wildman–Crippen LogP) is 4.26. The van der Waals surface area contributed by atoms with Gasteiger partial charge in [0, 0.05) is 26.2 Å². The summed E-state index contributed by atoms with van der Waals surface area (Å²) in [6.45, 7) is 12.2. The van der Waals surface area contributed by atoms with Crippen LogP contribution < -0.4 is 0 Å². The number of aliphatic hydroxyl groups is 1. The molecule has 0 aromatic rings. The molecule has 144 valence electrons. The fourth-order valence-electron chi connectivity index (χ4n) is 2.80. The topological polar surface area (TPSA) is 49.8 Å². The Hall–Kier alpha value is -0.610. The minimum Gasteiger partial charge on any atom is -0.466 e. The van der Waals surface area contributed by atoms with E-state index in [9.17, 15) is 4.79 Å². The fraction of sp³-hybridized carbons (Fsp3) is 0.950. The van der Waals surface area contributed by atoms with Crippen molar-refractivity contribution in [2.75, 3.05) is 32.8 Å². The number of aliphatic hydroxyl groups excluding tert-OH is 1. The summed E-state index contributed by atoms with van der Waals surface area (Å²) in [6.07, 6.45) is 8.52. The Morgan fingerprint density at radius 2 is 1.58 bits per heavy atom. The molecular weight excluding hydrogens is 302 g/mol. The molecular formula is C20H41NO3. The van der Waals surface area contributed by atoms with Crippen molar-refractivity contribution in [3.63, 3.8) is 0 Å². The van der Waals surface area contributed by atoms with Gasteiger partial charge in [-0.1, -0.05) is 59.8 Å². The number of esters is 1. The maximum Gasteiger partial charge on any atom is 0.307 e. The van der Waals surface area contributed by atoms with Gasteiger partial charge >= 0.3 is 5.97 Å². The second kappa shape index (κ2) is 15.9. The lowest BCUT2D eigenvalue weighted by Gasteiger charge is -2.23. The molecule has 4 heteroatoms. The van der Waals surface area contributed by atoms with E-state index in [-0.39, 0.29) is 12.6 Å². The highest BCUT2D eigenvalue weighted by Gasteiger charge is 2.10. The zero-order valence-electron chi connectivity index (χ0n) is 16.6. The van der Waals surface area contributed by atoms with Crippen LogP contribution in [-0.2, 0) is 9.53 Å². The van der Waals surface area contributed by atoms with Crippen LogP contribution in [0, 0.1) is 11.8 Å². The Bertz CT molecular complexity index is 293. The number of rotatable bonds is 16. The Morgan fingerprint density at radius 1 is 0.917 bits per heavy atom. The van der Waals surface area contributed by atoms with Crippen LogP contribution in [0.15, 0.2) is 0 Å². The lowest BCUT2D eigenvalue weighted by Crippen LogP contribution is -2.31. The molecule has 0 unspecified atom stereocenters. The van der Waals surface area contributed by atoms with Crippen molar-refractivity contribution < 1.29 is 14.6 Å². The molecule has 0 aliphatic carbocycles. The van der Waals surface area contributed by atoms with E-state index in [1.54, 1.807) is 0 Å². The monoisotopic (exact) mass is 343 g/mol. The SMILES string of the molecule is CC(C)CCCCCCCOC(=O)CCN(CCCO)CC(C)C. The molecule has 4 nitrogen and oxygen atoms in total. The lowest BCUT2D eigenvalue weighted by atomic mass is 10.0. The van der Waals surface area contributed by atoms with Crippen molar-refractivity contribution in [3.8, 4) is 0 Å². The van der Waals surface area contributed by atoms with Crippen molar-refractivity contribution in [3.05, 3.63) is 0 Å². The second-order valence-corrected chi connectivity index (χ2v) is 7.69. The molecule has 0 bridgehead atoms. The van der Waals surface area contributed by atoms with Crippen molar-refractivity contribution in [1.29, 1.82) is 0 Å². The molecule has 1 N–H and O–H groups in total. The first-order valence-corrected chi connectivity index (χ1v) is 9.94. The first-order chi connectivity index (χ1) is 11.5.